The van der Waals surface area contributed by atoms with Crippen molar-refractivity contribution >= 4 is 34.2 Å². The summed E-state index contributed by atoms with van der Waals surface area (Å²) in [5.74, 6) is -1.47. The lowest BCUT2D eigenvalue weighted by atomic mass is 9.90. The first-order valence-corrected chi connectivity index (χ1v) is 14.7. The smallest absolute Gasteiger partial charge is 0.297 e. The zero-order valence-corrected chi connectivity index (χ0v) is 24.1. The Kier molecular flexibility index (Phi) is 7.99. The van der Waals surface area contributed by atoms with Gasteiger partial charge in [0.15, 0.2) is 5.65 Å². The van der Waals surface area contributed by atoms with Gasteiger partial charge in [0.05, 0.1) is 29.4 Å². The molecule has 0 saturated heterocycles. The fourth-order valence-corrected chi connectivity index (χ4v) is 5.89. The SMILES string of the molecule is CCn1ncc2c(NC3CCCCC3)c(C3=NOC(C(N)=O)(C(=O)N(Cc4ccncc4)Cc4ccncc4)C3)cnc21. The molecular formula is C31H35N9O3. The van der Waals surface area contributed by atoms with Gasteiger partial charge in [-0.3, -0.25) is 19.6 Å². The fourth-order valence-electron chi connectivity index (χ4n) is 5.89. The molecule has 43 heavy (non-hydrogen) atoms. The predicted molar refractivity (Wildman–Crippen MR) is 161 cm³/mol. The van der Waals surface area contributed by atoms with Gasteiger partial charge in [-0.05, 0) is 55.2 Å². The van der Waals surface area contributed by atoms with Crippen LogP contribution in [0.1, 0.15) is 62.1 Å². The Labute approximate surface area is 249 Å². The van der Waals surface area contributed by atoms with Crippen LogP contribution in [-0.2, 0) is 34.1 Å². The van der Waals surface area contributed by atoms with Gasteiger partial charge in [-0.1, -0.05) is 24.4 Å². The molecule has 0 radical (unpaired) electrons. The first kappa shape index (κ1) is 28.3. The molecule has 6 rings (SSSR count). The van der Waals surface area contributed by atoms with Crippen molar-refractivity contribution in [1.82, 2.24) is 29.6 Å². The van der Waals surface area contributed by atoms with E-state index < -0.39 is 17.4 Å². The Morgan fingerprint density at radius 1 is 1.02 bits per heavy atom. The number of nitrogens with one attached hydrogen (secondary N) is 1. The van der Waals surface area contributed by atoms with Crippen molar-refractivity contribution in [3.8, 4) is 0 Å². The second-order valence-electron chi connectivity index (χ2n) is 11.1. The number of oxime groups is 1. The standard InChI is InChI=1S/C31H35N9O3/c1-2-40-28-25(18-36-40)27(37-23-6-4-3-5-7-23)24(17-35-28)26-16-31(29(32)41,43-38-26)30(42)39(19-21-8-12-33-13-9-21)20-22-10-14-34-15-11-22/h8-15,17-18,23H,2-7,16,19-20H2,1H3,(H2,32,41)(H,35,37). The maximum Gasteiger partial charge on any atom is 0.297 e. The van der Waals surface area contributed by atoms with E-state index in [1.807, 2.05) is 35.9 Å². The quantitative estimate of drug-likeness (QED) is 0.270. The Balaban J connectivity index is 1.34. The molecule has 1 atom stereocenters. The van der Waals surface area contributed by atoms with Gasteiger partial charge in [0.2, 0.25) is 0 Å². The van der Waals surface area contributed by atoms with Crippen molar-refractivity contribution in [2.75, 3.05) is 5.32 Å². The predicted octanol–water partition coefficient (Wildman–Crippen LogP) is 3.56. The van der Waals surface area contributed by atoms with Crippen molar-refractivity contribution in [3.05, 3.63) is 78.1 Å². The number of carbonyl (C=O) groups excluding carboxylic acids is 2. The molecule has 1 aliphatic heterocycles. The molecule has 1 unspecified atom stereocenters. The van der Waals surface area contributed by atoms with E-state index in [-0.39, 0.29) is 25.6 Å². The van der Waals surface area contributed by atoms with Crippen LogP contribution >= 0.6 is 0 Å². The molecule has 0 aromatic carbocycles. The third kappa shape index (κ3) is 5.64. The molecule has 1 aliphatic carbocycles. The highest BCUT2D eigenvalue weighted by Gasteiger charge is 2.54. The number of carbonyl (C=O) groups is 2. The number of aromatic nitrogens is 5. The van der Waals surface area contributed by atoms with E-state index in [1.54, 1.807) is 42.1 Å². The molecule has 4 aromatic rings. The maximum atomic E-state index is 14.3. The van der Waals surface area contributed by atoms with Crippen LogP contribution in [0.3, 0.4) is 0 Å². The number of nitrogens with zero attached hydrogens (tertiary/aromatic N) is 7. The van der Waals surface area contributed by atoms with Crippen molar-refractivity contribution < 1.29 is 14.4 Å². The highest BCUT2D eigenvalue weighted by molar-refractivity contribution is 6.18. The second kappa shape index (κ2) is 12.2. The molecule has 5 heterocycles. The van der Waals surface area contributed by atoms with Gasteiger partial charge in [0.25, 0.3) is 17.4 Å². The minimum atomic E-state index is -2.01. The average molecular weight is 582 g/mol. The molecule has 2 aliphatic rings. The Morgan fingerprint density at radius 2 is 1.67 bits per heavy atom. The molecule has 12 nitrogen and oxygen atoms in total. The topological polar surface area (TPSA) is 154 Å². The molecule has 12 heteroatoms. The van der Waals surface area contributed by atoms with Crippen LogP contribution < -0.4 is 11.1 Å². The Hall–Kier alpha value is -4.87. The average Bonchev–Trinajstić information content (AvgIpc) is 3.68. The number of primary amides is 1. The van der Waals surface area contributed by atoms with E-state index in [2.05, 4.69) is 25.5 Å². The Bertz CT molecular complexity index is 1590. The van der Waals surface area contributed by atoms with Crippen LogP contribution in [0, 0.1) is 0 Å². The number of pyridine rings is 3. The monoisotopic (exact) mass is 581 g/mol. The lowest BCUT2D eigenvalue weighted by Crippen LogP contribution is -2.56. The summed E-state index contributed by atoms with van der Waals surface area (Å²) in [6.45, 7) is 3.12. The summed E-state index contributed by atoms with van der Waals surface area (Å²) in [5, 5.41) is 13.4. The van der Waals surface area contributed by atoms with E-state index in [1.165, 1.54) is 6.42 Å². The van der Waals surface area contributed by atoms with Crippen LogP contribution in [0.4, 0.5) is 5.69 Å². The lowest BCUT2D eigenvalue weighted by Gasteiger charge is -2.30. The summed E-state index contributed by atoms with van der Waals surface area (Å²) >= 11 is 0. The lowest BCUT2D eigenvalue weighted by molar-refractivity contribution is -0.164. The third-order valence-electron chi connectivity index (χ3n) is 8.23. The largest absolute Gasteiger partial charge is 0.381 e. The third-order valence-corrected chi connectivity index (χ3v) is 8.23. The summed E-state index contributed by atoms with van der Waals surface area (Å²) in [6, 6.07) is 7.57. The van der Waals surface area contributed by atoms with Crippen LogP contribution in [0.2, 0.25) is 0 Å². The first-order valence-electron chi connectivity index (χ1n) is 14.7. The maximum absolute atomic E-state index is 14.3. The van der Waals surface area contributed by atoms with E-state index in [0.29, 0.717) is 17.8 Å². The molecule has 3 N–H and O–H groups in total. The molecule has 1 fully saturated rings. The van der Waals surface area contributed by atoms with Gasteiger partial charge in [-0.25, -0.2) is 9.67 Å². The molecule has 0 bridgehead atoms. The normalized spacial score (nSPS) is 18.7. The summed E-state index contributed by atoms with van der Waals surface area (Å²) in [7, 11) is 0. The van der Waals surface area contributed by atoms with E-state index >= 15 is 0 Å². The first-order chi connectivity index (χ1) is 21.0. The van der Waals surface area contributed by atoms with Gasteiger partial charge < -0.3 is 20.8 Å². The van der Waals surface area contributed by atoms with E-state index in [0.717, 1.165) is 53.5 Å². The summed E-state index contributed by atoms with van der Waals surface area (Å²) in [4.78, 5) is 47.6. The minimum absolute atomic E-state index is 0.126. The highest BCUT2D eigenvalue weighted by atomic mass is 16.7. The van der Waals surface area contributed by atoms with Crippen LogP contribution in [-0.4, -0.2) is 58.8 Å². The molecule has 1 saturated carbocycles. The number of hydrogen-bond donors (Lipinski definition) is 2. The van der Waals surface area contributed by atoms with Gasteiger partial charge in [-0.2, -0.15) is 5.10 Å². The fraction of sp³-hybridized carbons (Fsp3) is 0.387. The van der Waals surface area contributed by atoms with Crippen molar-refractivity contribution in [1.29, 1.82) is 0 Å². The van der Waals surface area contributed by atoms with Gasteiger partial charge in [0.1, 0.15) is 0 Å². The van der Waals surface area contributed by atoms with Gasteiger partial charge >= 0.3 is 0 Å². The van der Waals surface area contributed by atoms with E-state index in [4.69, 9.17) is 15.6 Å². The molecule has 222 valence electrons. The minimum Gasteiger partial charge on any atom is -0.381 e. The highest BCUT2D eigenvalue weighted by Crippen LogP contribution is 2.36. The van der Waals surface area contributed by atoms with E-state index in [9.17, 15) is 9.59 Å². The van der Waals surface area contributed by atoms with Crippen LogP contribution in [0.5, 0.6) is 0 Å². The number of fused-ring (bicyclic) bond motifs is 1. The number of amides is 2. The van der Waals surface area contributed by atoms with Crippen LogP contribution in [0.25, 0.3) is 11.0 Å². The number of hydrogen-bond acceptors (Lipinski definition) is 9. The summed E-state index contributed by atoms with van der Waals surface area (Å²) in [5.41, 5.74) is 8.30. The second-order valence-corrected chi connectivity index (χ2v) is 11.1. The summed E-state index contributed by atoms with van der Waals surface area (Å²) in [6.07, 6.45) is 15.7. The number of nitrogens with two attached hydrogens (primary N) is 1. The molecule has 0 spiro atoms. The number of rotatable bonds is 10. The number of aryl methyl sites for hydroxylation is 1. The Morgan fingerprint density at radius 3 is 2.28 bits per heavy atom. The van der Waals surface area contributed by atoms with Crippen LogP contribution in [0.15, 0.2) is 66.6 Å². The zero-order valence-electron chi connectivity index (χ0n) is 24.1. The number of anilines is 1. The molecule has 4 aromatic heterocycles. The van der Waals surface area contributed by atoms with Crippen molar-refractivity contribution in [3.63, 3.8) is 0 Å². The van der Waals surface area contributed by atoms with Gasteiger partial charge in [0, 0.05) is 62.2 Å². The van der Waals surface area contributed by atoms with Crippen molar-refractivity contribution in [2.45, 2.75) is 76.7 Å². The summed E-state index contributed by atoms with van der Waals surface area (Å²) < 4.78 is 1.84. The zero-order chi connectivity index (χ0) is 29.8. The molecule has 2 amide bonds. The van der Waals surface area contributed by atoms with Crippen molar-refractivity contribution in [2.24, 2.45) is 10.9 Å². The molecular weight excluding hydrogens is 546 g/mol. The van der Waals surface area contributed by atoms with Gasteiger partial charge in [-0.15, -0.1) is 0 Å².